The minimum atomic E-state index is 0.504. The molecule has 6 heteroatoms. The van der Waals surface area contributed by atoms with Crippen LogP contribution in [0.1, 0.15) is 12.5 Å². The maximum Gasteiger partial charge on any atom is 0.167 e. The van der Waals surface area contributed by atoms with Crippen LogP contribution in [0.5, 0.6) is 0 Å². The van der Waals surface area contributed by atoms with Gasteiger partial charge < -0.3 is 10.7 Å². The van der Waals surface area contributed by atoms with Crippen LogP contribution in [0.2, 0.25) is 0 Å². The molecule has 0 aliphatic carbocycles. The van der Waals surface area contributed by atoms with Crippen molar-refractivity contribution in [1.29, 1.82) is 0 Å². The summed E-state index contributed by atoms with van der Waals surface area (Å²) >= 11 is 0. The smallest absolute Gasteiger partial charge is 0.167 e. The molecule has 0 fully saturated rings. The van der Waals surface area contributed by atoms with E-state index < -0.39 is 0 Å². The third-order valence-corrected chi connectivity index (χ3v) is 2.78. The first-order chi connectivity index (χ1) is 8.29. The maximum atomic E-state index is 5.98. The highest BCUT2D eigenvalue weighted by atomic mass is 15.1. The number of aromatic nitrogens is 5. The fraction of sp³-hybridized carbons (Fsp3) is 0.182. The SMILES string of the molecule is CCc1c[nH]c2nc(-c3cn[nH]c3)nc(N)c12. The zero-order chi connectivity index (χ0) is 11.8. The Labute approximate surface area is 97.3 Å². The molecule has 3 aromatic heterocycles. The van der Waals surface area contributed by atoms with E-state index in [1.165, 1.54) is 0 Å². The van der Waals surface area contributed by atoms with Crippen molar-refractivity contribution in [2.45, 2.75) is 13.3 Å². The highest BCUT2D eigenvalue weighted by Gasteiger charge is 2.12. The number of hydrogen-bond donors (Lipinski definition) is 3. The first-order valence-corrected chi connectivity index (χ1v) is 5.42. The topological polar surface area (TPSA) is 96.3 Å². The first kappa shape index (κ1) is 9.83. The van der Waals surface area contributed by atoms with E-state index in [1.807, 2.05) is 6.20 Å². The molecule has 86 valence electrons. The number of hydrogen-bond acceptors (Lipinski definition) is 4. The Morgan fingerprint density at radius 3 is 2.88 bits per heavy atom. The molecule has 0 atom stereocenters. The second-order valence-corrected chi connectivity index (χ2v) is 3.81. The fourth-order valence-electron chi connectivity index (χ4n) is 1.91. The van der Waals surface area contributed by atoms with E-state index in [0.717, 1.165) is 28.6 Å². The van der Waals surface area contributed by atoms with Gasteiger partial charge in [-0.05, 0) is 12.0 Å². The quantitative estimate of drug-likeness (QED) is 0.619. The van der Waals surface area contributed by atoms with E-state index in [9.17, 15) is 0 Å². The maximum absolute atomic E-state index is 5.98. The molecule has 0 bridgehead atoms. The van der Waals surface area contributed by atoms with Crippen LogP contribution in [0, 0.1) is 0 Å². The number of nitrogens with zero attached hydrogens (tertiary/aromatic N) is 3. The summed E-state index contributed by atoms with van der Waals surface area (Å²) in [7, 11) is 0. The molecule has 17 heavy (non-hydrogen) atoms. The van der Waals surface area contributed by atoms with Crippen LogP contribution in [0.25, 0.3) is 22.4 Å². The van der Waals surface area contributed by atoms with E-state index in [4.69, 9.17) is 5.73 Å². The van der Waals surface area contributed by atoms with Crippen molar-refractivity contribution in [2.24, 2.45) is 0 Å². The number of fused-ring (bicyclic) bond motifs is 1. The number of nitrogens with one attached hydrogen (secondary N) is 2. The summed E-state index contributed by atoms with van der Waals surface area (Å²) < 4.78 is 0. The van der Waals surface area contributed by atoms with E-state index in [2.05, 4.69) is 32.1 Å². The Hall–Kier alpha value is -2.37. The molecule has 0 radical (unpaired) electrons. The monoisotopic (exact) mass is 228 g/mol. The van der Waals surface area contributed by atoms with Gasteiger partial charge in [-0.25, -0.2) is 9.97 Å². The standard InChI is InChI=1S/C11H12N6/c1-2-6-3-13-11-8(6)9(12)16-10(17-11)7-4-14-15-5-7/h3-5H,2H2,1H3,(H,14,15)(H3,12,13,16,17). The second-order valence-electron chi connectivity index (χ2n) is 3.81. The summed E-state index contributed by atoms with van der Waals surface area (Å²) in [5, 5.41) is 7.52. The van der Waals surface area contributed by atoms with Crippen LogP contribution in [0.15, 0.2) is 18.6 Å². The molecule has 0 aliphatic heterocycles. The lowest BCUT2D eigenvalue weighted by Crippen LogP contribution is -1.97. The normalized spacial score (nSPS) is 11.1. The Bertz CT molecular complexity index is 652. The zero-order valence-electron chi connectivity index (χ0n) is 9.36. The van der Waals surface area contributed by atoms with Crippen molar-refractivity contribution < 1.29 is 0 Å². The predicted octanol–water partition coefficient (Wildman–Crippen LogP) is 1.49. The summed E-state index contributed by atoms with van der Waals surface area (Å²) in [6, 6.07) is 0. The highest BCUT2D eigenvalue weighted by molar-refractivity contribution is 5.90. The summed E-state index contributed by atoms with van der Waals surface area (Å²) in [5.41, 5.74) is 8.71. The summed E-state index contributed by atoms with van der Waals surface area (Å²) in [4.78, 5) is 11.9. The Morgan fingerprint density at radius 2 is 2.18 bits per heavy atom. The van der Waals surface area contributed by atoms with Crippen molar-refractivity contribution in [1.82, 2.24) is 25.1 Å². The molecule has 0 amide bonds. The predicted molar refractivity (Wildman–Crippen MR) is 65.3 cm³/mol. The highest BCUT2D eigenvalue weighted by Crippen LogP contribution is 2.25. The van der Waals surface area contributed by atoms with Gasteiger partial charge in [0.25, 0.3) is 0 Å². The third kappa shape index (κ3) is 1.45. The van der Waals surface area contributed by atoms with Gasteiger partial charge in [0.1, 0.15) is 11.5 Å². The number of aryl methyl sites for hydroxylation is 1. The molecule has 6 nitrogen and oxygen atoms in total. The lowest BCUT2D eigenvalue weighted by molar-refractivity contribution is 1.09. The fourth-order valence-corrected chi connectivity index (χ4v) is 1.91. The largest absolute Gasteiger partial charge is 0.383 e. The molecule has 0 spiro atoms. The second kappa shape index (κ2) is 3.58. The van der Waals surface area contributed by atoms with Gasteiger partial charge in [-0.1, -0.05) is 6.92 Å². The Kier molecular flexibility index (Phi) is 2.07. The average Bonchev–Trinajstić information content (AvgIpc) is 2.97. The molecule has 3 rings (SSSR count). The molecular weight excluding hydrogens is 216 g/mol. The average molecular weight is 228 g/mol. The van der Waals surface area contributed by atoms with Gasteiger partial charge >= 0.3 is 0 Å². The number of rotatable bonds is 2. The van der Waals surface area contributed by atoms with Crippen molar-refractivity contribution in [2.75, 3.05) is 5.73 Å². The summed E-state index contributed by atoms with van der Waals surface area (Å²) in [5.74, 6) is 1.08. The first-order valence-electron chi connectivity index (χ1n) is 5.42. The molecule has 3 heterocycles. The van der Waals surface area contributed by atoms with Crippen LogP contribution in [-0.2, 0) is 6.42 Å². The van der Waals surface area contributed by atoms with Crippen molar-refractivity contribution in [3.8, 4) is 11.4 Å². The van der Waals surface area contributed by atoms with Crippen LogP contribution in [0.3, 0.4) is 0 Å². The molecule has 3 aromatic rings. The van der Waals surface area contributed by atoms with Gasteiger partial charge in [-0.2, -0.15) is 5.10 Å². The third-order valence-electron chi connectivity index (χ3n) is 2.78. The van der Waals surface area contributed by atoms with Gasteiger partial charge in [-0.3, -0.25) is 5.10 Å². The molecule has 0 aromatic carbocycles. The van der Waals surface area contributed by atoms with Crippen LogP contribution >= 0.6 is 0 Å². The lowest BCUT2D eigenvalue weighted by Gasteiger charge is -2.01. The molecule has 0 saturated heterocycles. The molecule has 0 saturated carbocycles. The van der Waals surface area contributed by atoms with E-state index in [1.54, 1.807) is 12.4 Å². The number of anilines is 1. The zero-order valence-corrected chi connectivity index (χ0v) is 9.36. The Balaban J connectivity index is 2.25. The molecule has 0 aliphatic rings. The van der Waals surface area contributed by atoms with Gasteiger partial charge in [0, 0.05) is 12.4 Å². The van der Waals surface area contributed by atoms with Crippen molar-refractivity contribution in [3.63, 3.8) is 0 Å². The molecular formula is C11H12N6. The van der Waals surface area contributed by atoms with E-state index >= 15 is 0 Å². The van der Waals surface area contributed by atoms with Crippen LogP contribution in [-0.4, -0.2) is 25.1 Å². The molecule has 4 N–H and O–H groups in total. The summed E-state index contributed by atoms with van der Waals surface area (Å²) in [6.07, 6.45) is 6.24. The Morgan fingerprint density at radius 1 is 1.29 bits per heavy atom. The minimum absolute atomic E-state index is 0.504. The number of H-pyrrole nitrogens is 2. The van der Waals surface area contributed by atoms with Gasteiger partial charge in [-0.15, -0.1) is 0 Å². The van der Waals surface area contributed by atoms with Crippen LogP contribution < -0.4 is 5.73 Å². The van der Waals surface area contributed by atoms with Crippen molar-refractivity contribution >= 4 is 16.9 Å². The van der Waals surface area contributed by atoms with Crippen LogP contribution in [0.4, 0.5) is 5.82 Å². The van der Waals surface area contributed by atoms with Gasteiger partial charge in [0.2, 0.25) is 0 Å². The van der Waals surface area contributed by atoms with E-state index in [0.29, 0.717) is 11.6 Å². The van der Waals surface area contributed by atoms with Gasteiger partial charge in [0.05, 0.1) is 17.1 Å². The van der Waals surface area contributed by atoms with E-state index in [-0.39, 0.29) is 0 Å². The number of nitrogen functional groups attached to an aromatic ring is 1. The van der Waals surface area contributed by atoms with Crippen molar-refractivity contribution in [3.05, 3.63) is 24.2 Å². The summed E-state index contributed by atoms with van der Waals surface area (Å²) in [6.45, 7) is 2.08. The minimum Gasteiger partial charge on any atom is -0.383 e. The molecule has 0 unspecified atom stereocenters. The van der Waals surface area contributed by atoms with Gasteiger partial charge in [0.15, 0.2) is 5.82 Å². The number of nitrogens with two attached hydrogens (primary N) is 1. The lowest BCUT2D eigenvalue weighted by atomic mass is 10.2. The number of aromatic amines is 2.